The molecule has 0 unspecified atom stereocenters. The number of hydrogen-bond donors (Lipinski definition) is 0. The van der Waals surface area contributed by atoms with Crippen molar-refractivity contribution in [1.29, 1.82) is 0 Å². The van der Waals surface area contributed by atoms with Crippen LogP contribution >= 0.6 is 0 Å². The molecule has 17 heavy (non-hydrogen) atoms. The van der Waals surface area contributed by atoms with Crippen LogP contribution in [0.1, 0.15) is 29.8 Å². The number of nitrogens with zero attached hydrogens (tertiary/aromatic N) is 1. The normalized spacial score (nSPS) is 14.8. The summed E-state index contributed by atoms with van der Waals surface area (Å²) in [6.45, 7) is 4.86. The average Bonchev–Trinajstić information content (AvgIpc) is 2.64. The summed E-state index contributed by atoms with van der Waals surface area (Å²) >= 11 is 0. The summed E-state index contributed by atoms with van der Waals surface area (Å²) in [6, 6.07) is 12.6. The Kier molecular flexibility index (Phi) is 2.18. The fourth-order valence-corrected chi connectivity index (χ4v) is 2.44. The second-order valence-corrected chi connectivity index (χ2v) is 4.88. The minimum atomic E-state index is 0.167. The van der Waals surface area contributed by atoms with Gasteiger partial charge in [-0.1, -0.05) is 24.3 Å². The molecule has 0 saturated carbocycles. The minimum Gasteiger partial charge on any atom is -0.332 e. The van der Waals surface area contributed by atoms with Gasteiger partial charge in [0, 0.05) is 18.2 Å². The number of benzene rings is 2. The van der Waals surface area contributed by atoms with Gasteiger partial charge in [0.15, 0.2) is 0 Å². The molecule has 0 spiro atoms. The third kappa shape index (κ3) is 1.52. The number of carbonyl (C=O) groups is 1. The predicted molar refractivity (Wildman–Crippen MR) is 69.0 cm³/mol. The van der Waals surface area contributed by atoms with E-state index in [1.807, 2.05) is 23.1 Å². The Balaban J connectivity index is 2.17. The first-order valence-electron chi connectivity index (χ1n) is 5.99. The van der Waals surface area contributed by atoms with Crippen LogP contribution in [0.5, 0.6) is 0 Å². The summed E-state index contributed by atoms with van der Waals surface area (Å²) in [5.41, 5.74) is 2.03. The Morgan fingerprint density at radius 2 is 1.76 bits per heavy atom. The Bertz CT molecular complexity index is 601. The highest BCUT2D eigenvalue weighted by Gasteiger charge is 2.29. The molecule has 0 N–H and O–H groups in total. The number of hydrogen-bond acceptors (Lipinski definition) is 1. The largest absolute Gasteiger partial charge is 0.332 e. The van der Waals surface area contributed by atoms with E-state index in [1.54, 1.807) is 0 Å². The maximum atomic E-state index is 12.2. The van der Waals surface area contributed by atoms with E-state index in [-0.39, 0.29) is 11.9 Å². The molecule has 0 aromatic heterocycles. The molecule has 1 aliphatic heterocycles. The monoisotopic (exact) mass is 225 g/mol. The Labute approximate surface area is 101 Å². The molecule has 0 aliphatic carbocycles. The van der Waals surface area contributed by atoms with Crippen LogP contribution in [0, 0.1) is 0 Å². The van der Waals surface area contributed by atoms with E-state index in [0.29, 0.717) is 0 Å². The average molecular weight is 225 g/mol. The summed E-state index contributed by atoms with van der Waals surface area (Å²) in [6.07, 6.45) is 0. The zero-order valence-corrected chi connectivity index (χ0v) is 10.1. The van der Waals surface area contributed by atoms with Crippen LogP contribution in [0.3, 0.4) is 0 Å². The highest BCUT2D eigenvalue weighted by atomic mass is 16.2. The lowest BCUT2D eigenvalue weighted by Crippen LogP contribution is -2.30. The van der Waals surface area contributed by atoms with E-state index in [0.717, 1.165) is 23.1 Å². The van der Waals surface area contributed by atoms with Crippen LogP contribution in [-0.4, -0.2) is 16.8 Å². The molecular weight excluding hydrogens is 210 g/mol. The van der Waals surface area contributed by atoms with Crippen molar-refractivity contribution in [3.05, 3.63) is 47.5 Å². The van der Waals surface area contributed by atoms with Crippen LogP contribution in [0.2, 0.25) is 0 Å². The van der Waals surface area contributed by atoms with Gasteiger partial charge < -0.3 is 4.90 Å². The van der Waals surface area contributed by atoms with Gasteiger partial charge in [0.1, 0.15) is 0 Å². The van der Waals surface area contributed by atoms with Crippen molar-refractivity contribution in [2.45, 2.75) is 26.4 Å². The zero-order chi connectivity index (χ0) is 12.0. The molecule has 86 valence electrons. The summed E-state index contributed by atoms with van der Waals surface area (Å²) < 4.78 is 0. The summed E-state index contributed by atoms with van der Waals surface area (Å²) in [5.74, 6) is 0.167. The highest BCUT2D eigenvalue weighted by Crippen LogP contribution is 2.28. The van der Waals surface area contributed by atoms with Gasteiger partial charge in [-0.05, 0) is 42.3 Å². The number of amides is 1. The first-order chi connectivity index (χ1) is 8.16. The van der Waals surface area contributed by atoms with Crippen molar-refractivity contribution >= 4 is 16.7 Å². The SMILES string of the molecule is CC(C)N1Cc2cc3ccccc3cc2C1=O. The first kappa shape index (κ1) is 10.3. The molecule has 2 aromatic carbocycles. The number of fused-ring (bicyclic) bond motifs is 2. The van der Waals surface area contributed by atoms with Gasteiger partial charge in [0.05, 0.1) is 0 Å². The van der Waals surface area contributed by atoms with Gasteiger partial charge in [-0.15, -0.1) is 0 Å². The number of rotatable bonds is 1. The quantitative estimate of drug-likeness (QED) is 0.729. The van der Waals surface area contributed by atoms with E-state index in [2.05, 4.69) is 32.0 Å². The van der Waals surface area contributed by atoms with E-state index < -0.39 is 0 Å². The van der Waals surface area contributed by atoms with E-state index in [1.165, 1.54) is 5.39 Å². The lowest BCUT2D eigenvalue weighted by atomic mass is 10.0. The summed E-state index contributed by atoms with van der Waals surface area (Å²) in [7, 11) is 0. The molecule has 0 radical (unpaired) electrons. The van der Waals surface area contributed by atoms with Crippen molar-refractivity contribution in [3.8, 4) is 0 Å². The topological polar surface area (TPSA) is 20.3 Å². The fourth-order valence-electron chi connectivity index (χ4n) is 2.44. The van der Waals surface area contributed by atoms with Crippen LogP contribution in [0.25, 0.3) is 10.8 Å². The van der Waals surface area contributed by atoms with Gasteiger partial charge in [0.25, 0.3) is 5.91 Å². The second kappa shape index (κ2) is 3.59. The standard InChI is InChI=1S/C15H15NO/c1-10(2)16-9-13-7-11-5-3-4-6-12(11)8-14(13)15(16)17/h3-8,10H,9H2,1-2H3. The Morgan fingerprint density at radius 3 is 2.41 bits per heavy atom. The van der Waals surface area contributed by atoms with Crippen molar-refractivity contribution < 1.29 is 4.79 Å². The lowest BCUT2D eigenvalue weighted by molar-refractivity contribution is 0.0730. The smallest absolute Gasteiger partial charge is 0.254 e. The molecule has 2 heteroatoms. The highest BCUT2D eigenvalue weighted by molar-refractivity contribution is 6.02. The third-order valence-corrected chi connectivity index (χ3v) is 3.43. The Morgan fingerprint density at radius 1 is 1.12 bits per heavy atom. The summed E-state index contributed by atoms with van der Waals surface area (Å²) in [5, 5.41) is 2.36. The van der Waals surface area contributed by atoms with Crippen LogP contribution in [0.4, 0.5) is 0 Å². The summed E-state index contributed by atoms with van der Waals surface area (Å²) in [4.78, 5) is 14.1. The third-order valence-electron chi connectivity index (χ3n) is 3.43. The molecule has 3 rings (SSSR count). The minimum absolute atomic E-state index is 0.167. The molecule has 2 aromatic rings. The number of carbonyl (C=O) groups excluding carboxylic acids is 1. The molecule has 0 atom stereocenters. The molecule has 0 bridgehead atoms. The molecule has 0 saturated heterocycles. The maximum Gasteiger partial charge on any atom is 0.254 e. The van der Waals surface area contributed by atoms with Crippen molar-refractivity contribution in [1.82, 2.24) is 4.90 Å². The lowest BCUT2D eigenvalue weighted by Gasteiger charge is -2.19. The van der Waals surface area contributed by atoms with Crippen molar-refractivity contribution in [2.24, 2.45) is 0 Å². The van der Waals surface area contributed by atoms with E-state index >= 15 is 0 Å². The molecule has 1 heterocycles. The van der Waals surface area contributed by atoms with Gasteiger partial charge in [0.2, 0.25) is 0 Å². The van der Waals surface area contributed by atoms with Gasteiger partial charge in [-0.2, -0.15) is 0 Å². The molecular formula is C15H15NO. The molecule has 1 amide bonds. The first-order valence-corrected chi connectivity index (χ1v) is 5.99. The van der Waals surface area contributed by atoms with Gasteiger partial charge in [-0.3, -0.25) is 4.79 Å². The zero-order valence-electron chi connectivity index (χ0n) is 10.1. The molecule has 2 nitrogen and oxygen atoms in total. The van der Waals surface area contributed by atoms with Crippen LogP contribution in [-0.2, 0) is 6.54 Å². The fraction of sp³-hybridized carbons (Fsp3) is 0.267. The maximum absolute atomic E-state index is 12.2. The Hall–Kier alpha value is -1.83. The van der Waals surface area contributed by atoms with Crippen LogP contribution in [0.15, 0.2) is 36.4 Å². The molecule has 0 fully saturated rings. The van der Waals surface area contributed by atoms with Crippen LogP contribution < -0.4 is 0 Å². The predicted octanol–water partition coefficient (Wildman–Crippen LogP) is 3.20. The van der Waals surface area contributed by atoms with E-state index in [4.69, 9.17) is 0 Å². The van der Waals surface area contributed by atoms with Gasteiger partial charge in [-0.25, -0.2) is 0 Å². The van der Waals surface area contributed by atoms with E-state index in [9.17, 15) is 4.79 Å². The van der Waals surface area contributed by atoms with Gasteiger partial charge >= 0.3 is 0 Å². The molecule has 1 aliphatic rings. The van der Waals surface area contributed by atoms with Crippen molar-refractivity contribution in [3.63, 3.8) is 0 Å². The van der Waals surface area contributed by atoms with Crippen molar-refractivity contribution in [2.75, 3.05) is 0 Å². The second-order valence-electron chi connectivity index (χ2n) is 4.88.